The highest BCUT2D eigenvalue weighted by atomic mass is 32.2. The molecule has 0 aliphatic heterocycles. The van der Waals surface area contributed by atoms with Crippen molar-refractivity contribution < 1.29 is 17.8 Å². The Hall–Kier alpha value is -1.40. The molecule has 0 aliphatic rings. The number of carbonyl (C=O) groups excluding carboxylic acids is 1. The van der Waals surface area contributed by atoms with Crippen molar-refractivity contribution >= 4 is 16.0 Å². The van der Waals surface area contributed by atoms with Gasteiger partial charge in [-0.3, -0.25) is 9.35 Å². The van der Waals surface area contributed by atoms with Crippen LogP contribution in [-0.4, -0.2) is 31.2 Å². The molecule has 16 heavy (non-hydrogen) atoms. The van der Waals surface area contributed by atoms with E-state index in [2.05, 4.69) is 5.32 Å². The van der Waals surface area contributed by atoms with E-state index in [-0.39, 0.29) is 24.6 Å². The molecule has 0 heterocycles. The Kier molecular flexibility index (Phi) is 4.45. The van der Waals surface area contributed by atoms with E-state index >= 15 is 0 Å². The first-order valence-corrected chi connectivity index (χ1v) is 6.38. The Labute approximate surface area is 94.2 Å². The lowest BCUT2D eigenvalue weighted by atomic mass is 10.2. The molecule has 6 heteroatoms. The van der Waals surface area contributed by atoms with Gasteiger partial charge in [-0.15, -0.1) is 0 Å². The van der Waals surface area contributed by atoms with Gasteiger partial charge in [-0.1, -0.05) is 18.2 Å². The summed E-state index contributed by atoms with van der Waals surface area (Å²) in [4.78, 5) is 11.4. The second-order valence-electron chi connectivity index (χ2n) is 3.26. The van der Waals surface area contributed by atoms with Crippen molar-refractivity contribution in [3.05, 3.63) is 35.9 Å². The average Bonchev–Trinajstić information content (AvgIpc) is 2.24. The molecule has 1 aromatic rings. The van der Waals surface area contributed by atoms with Crippen molar-refractivity contribution in [2.24, 2.45) is 0 Å². The Bertz CT molecular complexity index is 441. The van der Waals surface area contributed by atoms with Crippen LogP contribution in [0.2, 0.25) is 0 Å². The maximum Gasteiger partial charge on any atom is 0.264 e. The molecule has 1 rings (SSSR count). The minimum absolute atomic E-state index is 0.192. The standard InChI is InChI=1S/C10H13NO4S/c12-10(9-5-2-1-3-6-9)11-7-4-8-16(13,14)15/h1-3,5-6H,4,7-8H2,(H,11,12)(H,13,14,15). The first-order valence-electron chi connectivity index (χ1n) is 4.77. The molecule has 0 unspecified atom stereocenters. The zero-order valence-electron chi connectivity index (χ0n) is 8.59. The molecule has 1 aromatic carbocycles. The summed E-state index contributed by atoms with van der Waals surface area (Å²) in [7, 11) is -3.94. The Morgan fingerprint density at radius 3 is 2.44 bits per heavy atom. The maximum absolute atomic E-state index is 11.4. The monoisotopic (exact) mass is 243 g/mol. The van der Waals surface area contributed by atoms with E-state index in [9.17, 15) is 13.2 Å². The van der Waals surface area contributed by atoms with Crippen molar-refractivity contribution in [2.75, 3.05) is 12.3 Å². The van der Waals surface area contributed by atoms with Crippen LogP contribution in [0.1, 0.15) is 16.8 Å². The summed E-state index contributed by atoms with van der Waals surface area (Å²) >= 11 is 0. The van der Waals surface area contributed by atoms with E-state index < -0.39 is 10.1 Å². The lowest BCUT2D eigenvalue weighted by Gasteiger charge is -2.03. The van der Waals surface area contributed by atoms with E-state index in [0.717, 1.165) is 0 Å². The highest BCUT2D eigenvalue weighted by molar-refractivity contribution is 7.85. The van der Waals surface area contributed by atoms with Crippen molar-refractivity contribution in [3.63, 3.8) is 0 Å². The van der Waals surface area contributed by atoms with Gasteiger partial charge in [0.15, 0.2) is 0 Å². The number of amides is 1. The van der Waals surface area contributed by atoms with E-state index in [4.69, 9.17) is 4.55 Å². The largest absolute Gasteiger partial charge is 0.352 e. The van der Waals surface area contributed by atoms with Crippen LogP contribution in [0.5, 0.6) is 0 Å². The number of hydrogen-bond acceptors (Lipinski definition) is 3. The van der Waals surface area contributed by atoms with Crippen LogP contribution in [0, 0.1) is 0 Å². The molecule has 0 spiro atoms. The molecule has 0 saturated carbocycles. The lowest BCUT2D eigenvalue weighted by Crippen LogP contribution is -2.25. The predicted octanol–water partition coefficient (Wildman–Crippen LogP) is 0.694. The van der Waals surface area contributed by atoms with Gasteiger partial charge in [0.25, 0.3) is 16.0 Å². The minimum Gasteiger partial charge on any atom is -0.352 e. The molecule has 0 radical (unpaired) electrons. The van der Waals surface area contributed by atoms with E-state index in [0.29, 0.717) is 5.56 Å². The van der Waals surface area contributed by atoms with E-state index in [1.807, 2.05) is 0 Å². The quantitative estimate of drug-likeness (QED) is 0.589. The molecule has 1 amide bonds. The van der Waals surface area contributed by atoms with Crippen molar-refractivity contribution in [1.82, 2.24) is 5.32 Å². The molecule has 0 aliphatic carbocycles. The first-order chi connectivity index (χ1) is 7.49. The number of carbonyl (C=O) groups is 1. The first kappa shape index (κ1) is 12.7. The Balaban J connectivity index is 2.32. The number of nitrogens with one attached hydrogen (secondary N) is 1. The summed E-state index contributed by atoms with van der Waals surface area (Å²) in [6.45, 7) is 0.216. The second kappa shape index (κ2) is 5.62. The highest BCUT2D eigenvalue weighted by Gasteiger charge is 2.06. The van der Waals surface area contributed by atoms with Gasteiger partial charge in [0, 0.05) is 12.1 Å². The molecule has 2 N–H and O–H groups in total. The summed E-state index contributed by atoms with van der Waals surface area (Å²) in [5.74, 6) is -0.599. The van der Waals surface area contributed by atoms with Crippen LogP contribution in [0.4, 0.5) is 0 Å². The SMILES string of the molecule is O=C(NCCCS(=O)(=O)O)c1ccccc1. The minimum atomic E-state index is -3.94. The summed E-state index contributed by atoms with van der Waals surface area (Å²) < 4.78 is 29.2. The van der Waals surface area contributed by atoms with E-state index in [1.165, 1.54) is 0 Å². The molecule has 0 bridgehead atoms. The van der Waals surface area contributed by atoms with Crippen LogP contribution in [0.3, 0.4) is 0 Å². The van der Waals surface area contributed by atoms with Crippen LogP contribution in [-0.2, 0) is 10.1 Å². The average molecular weight is 243 g/mol. The van der Waals surface area contributed by atoms with Gasteiger partial charge in [-0.05, 0) is 18.6 Å². The Morgan fingerprint density at radius 1 is 1.25 bits per heavy atom. The molecule has 88 valence electrons. The predicted molar refractivity (Wildman–Crippen MR) is 59.8 cm³/mol. The summed E-state index contributed by atoms with van der Waals surface area (Å²) in [6, 6.07) is 8.62. The van der Waals surface area contributed by atoms with E-state index in [1.54, 1.807) is 30.3 Å². The number of hydrogen-bond donors (Lipinski definition) is 2. The van der Waals surface area contributed by atoms with Crippen molar-refractivity contribution in [3.8, 4) is 0 Å². The molecule has 0 aromatic heterocycles. The van der Waals surface area contributed by atoms with Crippen LogP contribution in [0.25, 0.3) is 0 Å². The maximum atomic E-state index is 11.4. The summed E-state index contributed by atoms with van der Waals surface area (Å²) in [5, 5.41) is 2.56. The lowest BCUT2D eigenvalue weighted by molar-refractivity contribution is 0.0953. The normalized spacial score (nSPS) is 11.1. The zero-order chi connectivity index (χ0) is 12.0. The van der Waals surface area contributed by atoms with Crippen LogP contribution < -0.4 is 5.32 Å². The smallest absolute Gasteiger partial charge is 0.264 e. The van der Waals surface area contributed by atoms with Gasteiger partial charge in [0.2, 0.25) is 0 Å². The second-order valence-corrected chi connectivity index (χ2v) is 4.83. The van der Waals surface area contributed by atoms with Gasteiger partial charge in [0.1, 0.15) is 0 Å². The number of rotatable bonds is 5. The molecule has 0 fully saturated rings. The number of benzene rings is 1. The van der Waals surface area contributed by atoms with Crippen molar-refractivity contribution in [1.29, 1.82) is 0 Å². The summed E-state index contributed by atoms with van der Waals surface area (Å²) in [6.07, 6.45) is 0.192. The van der Waals surface area contributed by atoms with Gasteiger partial charge in [0.05, 0.1) is 5.75 Å². The third-order valence-electron chi connectivity index (χ3n) is 1.90. The van der Waals surface area contributed by atoms with Crippen LogP contribution >= 0.6 is 0 Å². The van der Waals surface area contributed by atoms with Crippen molar-refractivity contribution in [2.45, 2.75) is 6.42 Å². The fraction of sp³-hybridized carbons (Fsp3) is 0.300. The zero-order valence-corrected chi connectivity index (χ0v) is 9.40. The third kappa shape index (κ3) is 4.90. The van der Waals surface area contributed by atoms with Gasteiger partial charge >= 0.3 is 0 Å². The molecule has 0 saturated heterocycles. The molecular formula is C10H13NO4S. The fourth-order valence-corrected chi connectivity index (χ4v) is 1.66. The highest BCUT2D eigenvalue weighted by Crippen LogP contribution is 1.97. The Morgan fingerprint density at radius 2 is 1.88 bits per heavy atom. The fourth-order valence-electron chi connectivity index (χ4n) is 1.15. The molecular weight excluding hydrogens is 230 g/mol. The van der Waals surface area contributed by atoms with Gasteiger partial charge in [-0.2, -0.15) is 8.42 Å². The third-order valence-corrected chi connectivity index (χ3v) is 2.71. The molecule has 5 nitrogen and oxygen atoms in total. The van der Waals surface area contributed by atoms with Crippen LogP contribution in [0.15, 0.2) is 30.3 Å². The van der Waals surface area contributed by atoms with Gasteiger partial charge < -0.3 is 5.32 Å². The summed E-state index contributed by atoms with van der Waals surface area (Å²) in [5.41, 5.74) is 0.523. The van der Waals surface area contributed by atoms with Gasteiger partial charge in [-0.25, -0.2) is 0 Å². The molecule has 0 atom stereocenters. The topological polar surface area (TPSA) is 83.5 Å².